The zero-order valence-electron chi connectivity index (χ0n) is 19.8. The molecule has 2 amide bonds. The topological polar surface area (TPSA) is 83.5 Å². The molecule has 2 heterocycles. The van der Waals surface area contributed by atoms with Gasteiger partial charge in [-0.1, -0.05) is 11.6 Å². The maximum absolute atomic E-state index is 12.5. The predicted molar refractivity (Wildman–Crippen MR) is 137 cm³/mol. The molecule has 1 aliphatic heterocycles. The monoisotopic (exact) mass is 482 g/mol. The molecule has 2 aromatic carbocycles. The van der Waals surface area contributed by atoms with Crippen LogP contribution >= 0.6 is 11.6 Å². The summed E-state index contributed by atoms with van der Waals surface area (Å²) >= 11 is 5.92. The number of anilines is 2. The molecule has 4 rings (SSSR count). The summed E-state index contributed by atoms with van der Waals surface area (Å²) in [5.41, 5.74) is 2.96. The fourth-order valence-corrected chi connectivity index (χ4v) is 4.14. The number of carbonyl (C=O) groups is 1. The van der Waals surface area contributed by atoms with Gasteiger partial charge >= 0.3 is 6.03 Å². The molecule has 180 valence electrons. The summed E-state index contributed by atoms with van der Waals surface area (Å²) < 4.78 is 8.15. The Hall–Kier alpha value is -3.07. The first-order valence-electron chi connectivity index (χ1n) is 11.4. The second-order valence-electron chi connectivity index (χ2n) is 8.98. The molecule has 0 unspecified atom stereocenters. The average Bonchev–Trinajstić information content (AvgIpc) is 3.26. The molecule has 1 aromatic heterocycles. The van der Waals surface area contributed by atoms with E-state index in [0.717, 1.165) is 43.2 Å². The van der Waals surface area contributed by atoms with Gasteiger partial charge in [0, 0.05) is 66.9 Å². The van der Waals surface area contributed by atoms with Gasteiger partial charge in [-0.05, 0) is 62.4 Å². The summed E-state index contributed by atoms with van der Waals surface area (Å²) in [5.74, 6) is 0.746. The molecule has 0 atom stereocenters. The summed E-state index contributed by atoms with van der Waals surface area (Å²) in [7, 11) is 1.89. The molecule has 0 spiro atoms. The third-order valence-electron chi connectivity index (χ3n) is 5.99. The second kappa shape index (κ2) is 10.5. The normalized spacial score (nSPS) is 14.6. The first-order chi connectivity index (χ1) is 16.3. The number of carbonyl (C=O) groups excluding carboxylic acids is 1. The van der Waals surface area contributed by atoms with E-state index in [1.165, 1.54) is 0 Å². The van der Waals surface area contributed by atoms with Crippen LogP contribution < -0.4 is 20.7 Å². The largest absolute Gasteiger partial charge is 0.491 e. The summed E-state index contributed by atoms with van der Waals surface area (Å²) in [6, 6.07) is 14.2. The van der Waals surface area contributed by atoms with Crippen molar-refractivity contribution in [3.63, 3.8) is 0 Å². The van der Waals surface area contributed by atoms with Crippen molar-refractivity contribution in [2.45, 2.75) is 19.4 Å². The van der Waals surface area contributed by atoms with Crippen LogP contribution in [0.2, 0.25) is 5.02 Å². The van der Waals surface area contributed by atoms with Crippen LogP contribution in [0.15, 0.2) is 54.7 Å². The molecule has 0 radical (unpaired) electrons. The first kappa shape index (κ1) is 24.1. The van der Waals surface area contributed by atoms with Crippen LogP contribution in [-0.2, 0) is 7.05 Å². The predicted octanol–water partition coefficient (Wildman–Crippen LogP) is 4.45. The number of aryl methyl sites for hydroxylation is 1. The molecule has 0 aliphatic carbocycles. The lowest BCUT2D eigenvalue weighted by Crippen LogP contribution is -2.55. The van der Waals surface area contributed by atoms with E-state index >= 15 is 0 Å². The van der Waals surface area contributed by atoms with Crippen molar-refractivity contribution < 1.29 is 9.53 Å². The van der Waals surface area contributed by atoms with Crippen molar-refractivity contribution >= 4 is 29.0 Å². The van der Waals surface area contributed by atoms with Gasteiger partial charge in [0.15, 0.2) is 0 Å². The number of rotatable bonds is 7. The van der Waals surface area contributed by atoms with Crippen molar-refractivity contribution in [2.24, 2.45) is 7.05 Å². The standard InChI is InChI=1S/C25H31ClN6O2/c1-25(2,32-14-12-27-13-15-32)17-34-23-9-8-20(16-21(23)22-10-11-28-31(22)3)30-24(33)29-19-6-4-18(26)5-7-19/h4-11,16,27H,12-15,17H2,1-3H3,(H2,29,30,33). The van der Waals surface area contributed by atoms with Crippen LogP contribution in [0.4, 0.5) is 16.2 Å². The molecule has 0 saturated carbocycles. The van der Waals surface area contributed by atoms with Crippen LogP contribution in [-0.4, -0.2) is 59.0 Å². The van der Waals surface area contributed by atoms with Gasteiger partial charge in [-0.15, -0.1) is 0 Å². The van der Waals surface area contributed by atoms with Crippen LogP contribution in [0.1, 0.15) is 13.8 Å². The third-order valence-corrected chi connectivity index (χ3v) is 6.24. The molecule has 0 bridgehead atoms. The number of piperazine rings is 1. The van der Waals surface area contributed by atoms with Crippen molar-refractivity contribution in [3.05, 3.63) is 59.8 Å². The molecule has 34 heavy (non-hydrogen) atoms. The minimum absolute atomic E-state index is 0.110. The van der Waals surface area contributed by atoms with Gasteiger partial charge in [0.1, 0.15) is 12.4 Å². The number of amides is 2. The highest BCUT2D eigenvalue weighted by Gasteiger charge is 2.29. The van der Waals surface area contributed by atoms with E-state index < -0.39 is 0 Å². The van der Waals surface area contributed by atoms with Gasteiger partial charge in [0.05, 0.1) is 5.69 Å². The highest BCUT2D eigenvalue weighted by molar-refractivity contribution is 6.30. The maximum atomic E-state index is 12.5. The van der Waals surface area contributed by atoms with Crippen LogP contribution in [0.5, 0.6) is 5.75 Å². The summed E-state index contributed by atoms with van der Waals surface area (Å²) in [6.45, 7) is 8.93. The highest BCUT2D eigenvalue weighted by Crippen LogP contribution is 2.33. The lowest BCUT2D eigenvalue weighted by molar-refractivity contribution is 0.0573. The zero-order valence-corrected chi connectivity index (χ0v) is 20.5. The lowest BCUT2D eigenvalue weighted by atomic mass is 10.0. The molecule has 1 fully saturated rings. The summed E-state index contributed by atoms with van der Waals surface area (Å²) in [6.07, 6.45) is 1.75. The van der Waals surface area contributed by atoms with Crippen molar-refractivity contribution in [3.8, 4) is 17.0 Å². The number of ether oxygens (including phenoxy) is 1. The van der Waals surface area contributed by atoms with E-state index in [4.69, 9.17) is 16.3 Å². The summed E-state index contributed by atoms with van der Waals surface area (Å²) in [5, 5.41) is 14.0. The number of nitrogens with one attached hydrogen (secondary N) is 3. The van der Waals surface area contributed by atoms with Gasteiger partial charge in [-0.25, -0.2) is 4.79 Å². The molecular formula is C25H31ClN6O2. The van der Waals surface area contributed by atoms with Crippen molar-refractivity contribution in [1.82, 2.24) is 20.0 Å². The molecule has 8 nitrogen and oxygen atoms in total. The highest BCUT2D eigenvalue weighted by atomic mass is 35.5. The van der Waals surface area contributed by atoms with E-state index in [9.17, 15) is 4.79 Å². The average molecular weight is 483 g/mol. The SMILES string of the molecule is Cn1nccc1-c1cc(NC(=O)Nc2ccc(Cl)cc2)ccc1OCC(C)(C)N1CCNCC1. The van der Waals surface area contributed by atoms with Crippen LogP contribution in [0, 0.1) is 0 Å². The Labute approximate surface area is 205 Å². The van der Waals surface area contributed by atoms with Gasteiger partial charge in [0.2, 0.25) is 0 Å². The van der Waals surface area contributed by atoms with Gasteiger partial charge in [0.25, 0.3) is 0 Å². The van der Waals surface area contributed by atoms with Crippen molar-refractivity contribution in [2.75, 3.05) is 43.4 Å². The Bertz CT molecular complexity index is 1120. The number of urea groups is 1. The van der Waals surface area contributed by atoms with Gasteiger partial charge in [-0.2, -0.15) is 5.10 Å². The van der Waals surface area contributed by atoms with E-state index in [1.54, 1.807) is 35.1 Å². The van der Waals surface area contributed by atoms with Crippen LogP contribution in [0.3, 0.4) is 0 Å². The Morgan fingerprint density at radius 3 is 2.44 bits per heavy atom. The Morgan fingerprint density at radius 2 is 1.76 bits per heavy atom. The molecule has 3 N–H and O–H groups in total. The first-order valence-corrected chi connectivity index (χ1v) is 11.7. The van der Waals surface area contributed by atoms with Crippen molar-refractivity contribution in [1.29, 1.82) is 0 Å². The fourth-order valence-electron chi connectivity index (χ4n) is 4.01. The summed E-state index contributed by atoms with van der Waals surface area (Å²) in [4.78, 5) is 15.0. The minimum Gasteiger partial charge on any atom is -0.491 e. The minimum atomic E-state index is -0.341. The Morgan fingerprint density at radius 1 is 1.09 bits per heavy atom. The second-order valence-corrected chi connectivity index (χ2v) is 9.41. The smallest absolute Gasteiger partial charge is 0.323 e. The molecule has 3 aromatic rings. The molecule has 1 saturated heterocycles. The van der Waals surface area contributed by atoms with Crippen LogP contribution in [0.25, 0.3) is 11.3 Å². The number of hydrogen-bond donors (Lipinski definition) is 3. The van der Waals surface area contributed by atoms with E-state index in [-0.39, 0.29) is 11.6 Å². The number of aromatic nitrogens is 2. The Kier molecular flexibility index (Phi) is 7.41. The number of nitrogens with zero attached hydrogens (tertiary/aromatic N) is 3. The van der Waals surface area contributed by atoms with E-state index in [1.807, 2.05) is 31.3 Å². The van der Waals surface area contributed by atoms with Gasteiger partial charge in [-0.3, -0.25) is 9.58 Å². The third kappa shape index (κ3) is 5.88. The number of hydrogen-bond acceptors (Lipinski definition) is 5. The maximum Gasteiger partial charge on any atom is 0.323 e. The van der Waals surface area contributed by atoms with Gasteiger partial charge < -0.3 is 20.7 Å². The lowest BCUT2D eigenvalue weighted by Gasteiger charge is -2.40. The quantitative estimate of drug-likeness (QED) is 0.463. The van der Waals surface area contributed by atoms with E-state index in [0.29, 0.717) is 23.0 Å². The number of benzene rings is 2. The molecule has 9 heteroatoms. The number of halogens is 1. The molecule has 1 aliphatic rings. The zero-order chi connectivity index (χ0) is 24.1. The molecular weight excluding hydrogens is 452 g/mol. The van der Waals surface area contributed by atoms with E-state index in [2.05, 4.69) is 39.8 Å². The fraction of sp³-hybridized carbons (Fsp3) is 0.360. The Balaban J connectivity index is 1.51.